The number of nitrogens with one attached hydrogen (secondary N) is 1. The maximum atomic E-state index is 12.2. The zero-order valence-corrected chi connectivity index (χ0v) is 11.9. The van der Waals surface area contributed by atoms with E-state index >= 15 is 0 Å². The van der Waals surface area contributed by atoms with Crippen molar-refractivity contribution in [1.29, 1.82) is 0 Å². The predicted octanol–water partition coefficient (Wildman–Crippen LogP) is 2.96. The van der Waals surface area contributed by atoms with Crippen LogP contribution in [0.3, 0.4) is 0 Å². The summed E-state index contributed by atoms with van der Waals surface area (Å²) in [5.41, 5.74) is 2.03. The molecule has 0 aliphatic heterocycles. The third-order valence-electron chi connectivity index (χ3n) is 2.90. The summed E-state index contributed by atoms with van der Waals surface area (Å²) in [6, 6.07) is 4.78. The number of phenolic OH excluding ortho intramolecular Hbond substituents is 1. The van der Waals surface area contributed by atoms with Crippen molar-refractivity contribution in [2.45, 2.75) is 26.8 Å². The zero-order valence-electron chi connectivity index (χ0n) is 11.1. The van der Waals surface area contributed by atoms with Gasteiger partial charge in [-0.25, -0.2) is 4.98 Å². The molecule has 2 rings (SSSR count). The number of aromatic hydroxyl groups is 1. The lowest BCUT2D eigenvalue weighted by Crippen LogP contribution is -2.27. The number of aryl methyl sites for hydroxylation is 1. The lowest BCUT2D eigenvalue weighted by Gasteiger charge is -2.13. The monoisotopic (exact) mass is 276 g/mol. The second-order valence-corrected chi connectivity index (χ2v) is 5.36. The van der Waals surface area contributed by atoms with E-state index in [2.05, 4.69) is 10.3 Å². The van der Waals surface area contributed by atoms with E-state index in [1.54, 1.807) is 25.1 Å². The van der Waals surface area contributed by atoms with Gasteiger partial charge in [-0.05, 0) is 32.9 Å². The molecule has 0 saturated heterocycles. The fourth-order valence-electron chi connectivity index (χ4n) is 1.78. The Hall–Kier alpha value is -1.88. The summed E-state index contributed by atoms with van der Waals surface area (Å²) in [4.78, 5) is 16.5. The molecule has 5 heteroatoms. The largest absolute Gasteiger partial charge is 0.508 e. The first kappa shape index (κ1) is 13.5. The number of thiazole rings is 1. The van der Waals surface area contributed by atoms with Crippen molar-refractivity contribution in [3.63, 3.8) is 0 Å². The molecule has 0 saturated carbocycles. The summed E-state index contributed by atoms with van der Waals surface area (Å²) in [6.45, 7) is 5.55. The Morgan fingerprint density at radius 3 is 2.79 bits per heavy atom. The number of hydrogen-bond acceptors (Lipinski definition) is 4. The van der Waals surface area contributed by atoms with Gasteiger partial charge >= 0.3 is 0 Å². The molecular formula is C14H16N2O2S. The first-order chi connectivity index (χ1) is 8.99. The van der Waals surface area contributed by atoms with E-state index in [9.17, 15) is 9.90 Å². The van der Waals surface area contributed by atoms with Crippen molar-refractivity contribution in [2.75, 3.05) is 0 Å². The quantitative estimate of drug-likeness (QED) is 0.906. The second kappa shape index (κ2) is 5.40. The molecule has 0 bridgehead atoms. The Morgan fingerprint density at radius 1 is 1.42 bits per heavy atom. The second-order valence-electron chi connectivity index (χ2n) is 4.47. The summed E-state index contributed by atoms with van der Waals surface area (Å²) in [5, 5.41) is 15.3. The van der Waals surface area contributed by atoms with Crippen LogP contribution in [0.15, 0.2) is 23.6 Å². The zero-order chi connectivity index (χ0) is 14.0. The number of carbonyl (C=O) groups excluding carboxylic acids is 1. The fourth-order valence-corrected chi connectivity index (χ4v) is 2.58. The van der Waals surface area contributed by atoms with Gasteiger partial charge < -0.3 is 10.4 Å². The summed E-state index contributed by atoms with van der Waals surface area (Å²) >= 11 is 1.53. The van der Waals surface area contributed by atoms with Crippen LogP contribution in [-0.4, -0.2) is 16.0 Å². The Bertz CT molecular complexity index is 607. The van der Waals surface area contributed by atoms with Crippen LogP contribution in [0.5, 0.6) is 5.75 Å². The van der Waals surface area contributed by atoms with Gasteiger partial charge in [-0.15, -0.1) is 11.3 Å². The minimum atomic E-state index is -0.200. The molecule has 1 amide bonds. The lowest BCUT2D eigenvalue weighted by atomic mass is 10.1. The Labute approximate surface area is 116 Å². The van der Waals surface area contributed by atoms with Gasteiger partial charge in [-0.2, -0.15) is 0 Å². The van der Waals surface area contributed by atoms with Gasteiger partial charge in [0.1, 0.15) is 10.8 Å². The van der Waals surface area contributed by atoms with Gasteiger partial charge in [0.25, 0.3) is 5.91 Å². The molecule has 2 N–H and O–H groups in total. The normalized spacial score (nSPS) is 12.2. The van der Waals surface area contributed by atoms with Crippen LogP contribution in [0.1, 0.15) is 39.6 Å². The van der Waals surface area contributed by atoms with Crippen molar-refractivity contribution in [2.24, 2.45) is 0 Å². The van der Waals surface area contributed by atoms with E-state index < -0.39 is 0 Å². The van der Waals surface area contributed by atoms with Crippen molar-refractivity contribution >= 4 is 17.2 Å². The maximum Gasteiger partial charge on any atom is 0.252 e. The molecule has 1 aromatic heterocycles. The molecule has 0 aliphatic rings. The van der Waals surface area contributed by atoms with E-state index in [1.807, 2.05) is 19.2 Å². The average Bonchev–Trinajstić information content (AvgIpc) is 2.79. The van der Waals surface area contributed by atoms with Crippen LogP contribution < -0.4 is 5.32 Å². The van der Waals surface area contributed by atoms with E-state index in [1.165, 1.54) is 11.3 Å². The number of hydrogen-bond donors (Lipinski definition) is 2. The standard InChI is InChI=1S/C14H16N2O2S/c1-8-7-19-14(15-8)10(3)16-13(18)11-5-4-6-12(17)9(11)2/h4-7,10,17H,1-3H3,(H,16,18)/t10-/m0/s1. The highest BCUT2D eigenvalue weighted by Gasteiger charge is 2.16. The van der Waals surface area contributed by atoms with Crippen molar-refractivity contribution in [3.8, 4) is 5.75 Å². The first-order valence-corrected chi connectivity index (χ1v) is 6.88. The number of phenols is 1. The summed E-state index contributed by atoms with van der Waals surface area (Å²) < 4.78 is 0. The lowest BCUT2D eigenvalue weighted by molar-refractivity contribution is 0.0938. The van der Waals surface area contributed by atoms with Gasteiger partial charge in [0.05, 0.1) is 6.04 Å². The number of rotatable bonds is 3. The molecule has 0 fully saturated rings. The molecule has 19 heavy (non-hydrogen) atoms. The smallest absolute Gasteiger partial charge is 0.252 e. The first-order valence-electron chi connectivity index (χ1n) is 6.00. The SMILES string of the molecule is Cc1csc([C@H](C)NC(=O)c2cccc(O)c2C)n1. The Morgan fingerprint density at radius 2 is 2.16 bits per heavy atom. The molecule has 100 valence electrons. The van der Waals surface area contributed by atoms with Crippen molar-refractivity contribution in [1.82, 2.24) is 10.3 Å². The van der Waals surface area contributed by atoms with Crippen LogP contribution in [0.4, 0.5) is 0 Å². The summed E-state index contributed by atoms with van der Waals surface area (Å²) in [7, 11) is 0. The van der Waals surface area contributed by atoms with Gasteiger partial charge in [0.15, 0.2) is 0 Å². The van der Waals surface area contributed by atoms with Crippen LogP contribution in [0.25, 0.3) is 0 Å². The molecule has 0 radical (unpaired) electrons. The number of benzene rings is 1. The summed E-state index contributed by atoms with van der Waals surface area (Å²) in [5.74, 6) is -0.0702. The molecule has 4 nitrogen and oxygen atoms in total. The number of aromatic nitrogens is 1. The third-order valence-corrected chi connectivity index (χ3v) is 4.05. The highest BCUT2D eigenvalue weighted by atomic mass is 32.1. The molecule has 0 spiro atoms. The minimum absolute atomic E-state index is 0.130. The third kappa shape index (κ3) is 2.93. The molecule has 0 aliphatic carbocycles. The molecule has 1 heterocycles. The molecule has 1 atom stereocenters. The van der Waals surface area contributed by atoms with E-state index in [4.69, 9.17) is 0 Å². The van der Waals surface area contributed by atoms with Crippen LogP contribution in [-0.2, 0) is 0 Å². The topological polar surface area (TPSA) is 62.2 Å². The average molecular weight is 276 g/mol. The Balaban J connectivity index is 2.15. The molecule has 2 aromatic rings. The van der Waals surface area contributed by atoms with Crippen LogP contribution >= 0.6 is 11.3 Å². The summed E-state index contributed by atoms with van der Waals surface area (Å²) in [6.07, 6.45) is 0. The molecular weight excluding hydrogens is 260 g/mol. The van der Waals surface area contributed by atoms with Gasteiger partial charge in [0.2, 0.25) is 0 Å². The predicted molar refractivity (Wildman–Crippen MR) is 75.6 cm³/mol. The highest BCUT2D eigenvalue weighted by molar-refractivity contribution is 7.09. The van der Waals surface area contributed by atoms with E-state index in [0.29, 0.717) is 11.1 Å². The fraction of sp³-hybridized carbons (Fsp3) is 0.286. The van der Waals surface area contributed by atoms with Gasteiger partial charge in [0, 0.05) is 22.2 Å². The van der Waals surface area contributed by atoms with E-state index in [0.717, 1.165) is 10.7 Å². The molecule has 0 unspecified atom stereocenters. The number of amides is 1. The molecule has 1 aromatic carbocycles. The Kier molecular flexibility index (Phi) is 3.85. The van der Waals surface area contributed by atoms with Crippen LogP contribution in [0.2, 0.25) is 0 Å². The van der Waals surface area contributed by atoms with Crippen molar-refractivity contribution < 1.29 is 9.90 Å². The maximum absolute atomic E-state index is 12.2. The van der Waals surface area contributed by atoms with E-state index in [-0.39, 0.29) is 17.7 Å². The minimum Gasteiger partial charge on any atom is -0.508 e. The highest BCUT2D eigenvalue weighted by Crippen LogP contribution is 2.21. The van der Waals surface area contributed by atoms with Crippen molar-refractivity contribution in [3.05, 3.63) is 45.4 Å². The number of carbonyl (C=O) groups is 1. The van der Waals surface area contributed by atoms with Gasteiger partial charge in [-0.3, -0.25) is 4.79 Å². The van der Waals surface area contributed by atoms with Crippen LogP contribution in [0, 0.1) is 13.8 Å². The number of nitrogens with zero attached hydrogens (tertiary/aromatic N) is 1. The van der Waals surface area contributed by atoms with Gasteiger partial charge in [-0.1, -0.05) is 6.07 Å².